The Morgan fingerprint density at radius 2 is 1.62 bits per heavy atom. The average Bonchev–Trinajstić information content (AvgIpc) is 3.26. The molecule has 0 bridgehead atoms. The largest absolute Gasteiger partial charge is 0.454 e. The Hall–Kier alpha value is -3.53. The normalized spacial score (nSPS) is 11.4. The van der Waals surface area contributed by atoms with Crippen LogP contribution in [0.1, 0.15) is 22.4 Å². The number of aromatic nitrogens is 2. The first-order valence-electron chi connectivity index (χ1n) is 9.83. The van der Waals surface area contributed by atoms with Gasteiger partial charge >= 0.3 is 0 Å². The zero-order chi connectivity index (χ0) is 20.1. The lowest BCUT2D eigenvalue weighted by molar-refractivity contribution is 0.629. The van der Waals surface area contributed by atoms with E-state index in [9.17, 15) is 0 Å². The van der Waals surface area contributed by atoms with Crippen LogP contribution in [-0.2, 0) is 0 Å². The van der Waals surface area contributed by atoms with Crippen LogP contribution < -0.4 is 5.32 Å². The summed E-state index contributed by atoms with van der Waals surface area (Å²) in [6.45, 7) is 8.45. The van der Waals surface area contributed by atoms with Gasteiger partial charge in [0, 0.05) is 16.8 Å². The SMILES string of the molecule is Cc1cc(C)n2c(Nc3c(C)cccc3C)c(-c3cc4ccccc4o3)nc2c1. The minimum Gasteiger partial charge on any atom is -0.454 e. The third kappa shape index (κ3) is 2.88. The van der Waals surface area contributed by atoms with Crippen LogP contribution in [-0.4, -0.2) is 9.38 Å². The highest BCUT2D eigenvalue weighted by atomic mass is 16.3. The fraction of sp³-hybridized carbons (Fsp3) is 0.160. The molecule has 3 heterocycles. The average molecular weight is 381 g/mol. The number of aryl methyl sites for hydroxylation is 4. The molecule has 1 N–H and O–H groups in total. The zero-order valence-electron chi connectivity index (χ0n) is 17.1. The fourth-order valence-corrected chi connectivity index (χ4v) is 4.05. The van der Waals surface area contributed by atoms with Gasteiger partial charge in [0.2, 0.25) is 0 Å². The Kier molecular flexibility index (Phi) is 3.95. The van der Waals surface area contributed by atoms with Crippen LogP contribution in [0, 0.1) is 27.7 Å². The number of rotatable bonds is 3. The number of furan rings is 1. The minimum atomic E-state index is 0.765. The van der Waals surface area contributed by atoms with Gasteiger partial charge in [-0.05, 0) is 68.7 Å². The molecule has 0 amide bonds. The van der Waals surface area contributed by atoms with E-state index >= 15 is 0 Å². The Balaban J connectivity index is 1.79. The van der Waals surface area contributed by atoms with E-state index in [0.29, 0.717) is 0 Å². The van der Waals surface area contributed by atoms with Crippen molar-refractivity contribution in [2.45, 2.75) is 27.7 Å². The van der Waals surface area contributed by atoms with Crippen LogP contribution >= 0.6 is 0 Å². The molecule has 5 aromatic rings. The monoisotopic (exact) mass is 381 g/mol. The first kappa shape index (κ1) is 17.6. The fourth-order valence-electron chi connectivity index (χ4n) is 4.05. The standard InChI is InChI=1S/C25H23N3O/c1-15-12-18(4)28-22(13-15)26-24(21-14-19-10-5-6-11-20(19)29-21)25(28)27-23-16(2)8-7-9-17(23)3/h5-14,27H,1-4H3. The van der Waals surface area contributed by atoms with Crippen LogP contribution in [0.5, 0.6) is 0 Å². The van der Waals surface area contributed by atoms with E-state index in [0.717, 1.165) is 45.3 Å². The van der Waals surface area contributed by atoms with Crippen molar-refractivity contribution in [3.63, 3.8) is 0 Å². The van der Waals surface area contributed by atoms with Crippen molar-refractivity contribution in [1.82, 2.24) is 9.38 Å². The molecule has 0 aliphatic carbocycles. The van der Waals surface area contributed by atoms with Gasteiger partial charge in [0.15, 0.2) is 5.76 Å². The summed E-state index contributed by atoms with van der Waals surface area (Å²) in [6, 6.07) is 20.7. The van der Waals surface area contributed by atoms with Gasteiger partial charge in [0.25, 0.3) is 0 Å². The second kappa shape index (κ2) is 6.52. The predicted molar refractivity (Wildman–Crippen MR) is 119 cm³/mol. The molecule has 5 rings (SSSR count). The van der Waals surface area contributed by atoms with E-state index in [1.54, 1.807) is 0 Å². The van der Waals surface area contributed by atoms with Crippen LogP contribution in [0.25, 0.3) is 28.1 Å². The van der Waals surface area contributed by atoms with Gasteiger partial charge < -0.3 is 9.73 Å². The van der Waals surface area contributed by atoms with Gasteiger partial charge in [-0.3, -0.25) is 4.40 Å². The molecule has 0 aliphatic rings. The van der Waals surface area contributed by atoms with E-state index in [2.05, 4.69) is 79.9 Å². The van der Waals surface area contributed by atoms with Crippen molar-refractivity contribution >= 4 is 28.1 Å². The van der Waals surface area contributed by atoms with Crippen molar-refractivity contribution in [2.24, 2.45) is 0 Å². The third-order valence-corrected chi connectivity index (χ3v) is 5.43. The second-order valence-electron chi connectivity index (χ2n) is 7.72. The van der Waals surface area contributed by atoms with Crippen LogP contribution in [0.15, 0.2) is 65.1 Å². The number of fused-ring (bicyclic) bond motifs is 2. The van der Waals surface area contributed by atoms with Gasteiger partial charge in [-0.25, -0.2) is 4.98 Å². The maximum Gasteiger partial charge on any atom is 0.157 e. The lowest BCUT2D eigenvalue weighted by Crippen LogP contribution is -2.02. The second-order valence-corrected chi connectivity index (χ2v) is 7.72. The number of nitrogens with one attached hydrogen (secondary N) is 1. The molecule has 0 spiro atoms. The zero-order valence-corrected chi connectivity index (χ0v) is 17.1. The highest BCUT2D eigenvalue weighted by Gasteiger charge is 2.20. The first-order chi connectivity index (χ1) is 14.0. The highest BCUT2D eigenvalue weighted by Crippen LogP contribution is 2.36. The van der Waals surface area contributed by atoms with Gasteiger partial charge in [0.05, 0.1) is 0 Å². The molecule has 4 nitrogen and oxygen atoms in total. The summed E-state index contributed by atoms with van der Waals surface area (Å²) < 4.78 is 8.34. The number of benzene rings is 2. The Morgan fingerprint density at radius 3 is 2.38 bits per heavy atom. The molecule has 3 aromatic heterocycles. The number of hydrogen-bond donors (Lipinski definition) is 1. The lowest BCUT2D eigenvalue weighted by Gasteiger charge is -2.14. The molecule has 144 valence electrons. The summed E-state index contributed by atoms with van der Waals surface area (Å²) in [5, 5.41) is 4.75. The third-order valence-electron chi connectivity index (χ3n) is 5.43. The van der Waals surface area contributed by atoms with E-state index < -0.39 is 0 Å². The minimum absolute atomic E-state index is 0.765. The number of para-hydroxylation sites is 2. The molecular weight excluding hydrogens is 358 g/mol. The van der Waals surface area contributed by atoms with Crippen LogP contribution in [0.4, 0.5) is 11.5 Å². The Labute approximate surface area is 169 Å². The summed E-state index contributed by atoms with van der Waals surface area (Å²) in [5.41, 5.74) is 8.40. The van der Waals surface area contributed by atoms with E-state index in [-0.39, 0.29) is 0 Å². The molecule has 0 fully saturated rings. The van der Waals surface area contributed by atoms with E-state index in [4.69, 9.17) is 9.40 Å². The Bertz CT molecular complexity index is 1320. The molecule has 2 aromatic carbocycles. The number of anilines is 2. The molecule has 0 aliphatic heterocycles. The molecule has 29 heavy (non-hydrogen) atoms. The summed E-state index contributed by atoms with van der Waals surface area (Å²) >= 11 is 0. The highest BCUT2D eigenvalue weighted by molar-refractivity contribution is 5.87. The molecular formula is C25H23N3O. The maximum atomic E-state index is 6.18. The van der Waals surface area contributed by atoms with Crippen molar-refractivity contribution in [3.8, 4) is 11.5 Å². The lowest BCUT2D eigenvalue weighted by atomic mass is 10.1. The molecule has 0 saturated heterocycles. The van der Waals surface area contributed by atoms with Crippen molar-refractivity contribution < 1.29 is 4.42 Å². The molecule has 0 atom stereocenters. The predicted octanol–water partition coefficient (Wildman–Crippen LogP) is 6.72. The summed E-state index contributed by atoms with van der Waals surface area (Å²) in [4.78, 5) is 4.96. The summed E-state index contributed by atoms with van der Waals surface area (Å²) in [6.07, 6.45) is 0. The van der Waals surface area contributed by atoms with E-state index in [1.165, 1.54) is 16.7 Å². The molecule has 0 unspecified atom stereocenters. The number of hydrogen-bond acceptors (Lipinski definition) is 3. The van der Waals surface area contributed by atoms with Crippen molar-refractivity contribution in [3.05, 3.63) is 83.0 Å². The van der Waals surface area contributed by atoms with Gasteiger partial charge in [-0.2, -0.15) is 0 Å². The van der Waals surface area contributed by atoms with Crippen LogP contribution in [0.2, 0.25) is 0 Å². The molecule has 0 saturated carbocycles. The number of pyridine rings is 1. The smallest absolute Gasteiger partial charge is 0.157 e. The quantitative estimate of drug-likeness (QED) is 0.377. The van der Waals surface area contributed by atoms with Crippen LogP contribution in [0.3, 0.4) is 0 Å². The van der Waals surface area contributed by atoms with Gasteiger partial charge in [-0.15, -0.1) is 0 Å². The Morgan fingerprint density at radius 1 is 0.862 bits per heavy atom. The topological polar surface area (TPSA) is 42.5 Å². The van der Waals surface area contributed by atoms with Crippen molar-refractivity contribution in [2.75, 3.05) is 5.32 Å². The summed E-state index contributed by atoms with van der Waals surface area (Å²) in [7, 11) is 0. The van der Waals surface area contributed by atoms with Crippen molar-refractivity contribution in [1.29, 1.82) is 0 Å². The van der Waals surface area contributed by atoms with E-state index in [1.807, 2.05) is 18.2 Å². The summed E-state index contributed by atoms with van der Waals surface area (Å²) in [5.74, 6) is 1.69. The van der Waals surface area contributed by atoms with Gasteiger partial charge in [-0.1, -0.05) is 36.4 Å². The molecule has 4 heteroatoms. The molecule has 0 radical (unpaired) electrons. The van der Waals surface area contributed by atoms with Gasteiger partial charge in [0.1, 0.15) is 22.7 Å². The number of imidazole rings is 1. The number of nitrogens with zero attached hydrogens (tertiary/aromatic N) is 2. The maximum absolute atomic E-state index is 6.18. The first-order valence-corrected chi connectivity index (χ1v) is 9.83.